The van der Waals surface area contributed by atoms with E-state index in [4.69, 9.17) is 9.90 Å². The molecule has 0 spiro atoms. The molecule has 0 fully saturated rings. The average molecular weight is 448 g/mol. The second kappa shape index (κ2) is 7.30. The average Bonchev–Trinajstić information content (AvgIpc) is 3.30. The number of nitriles is 1. The van der Waals surface area contributed by atoms with Crippen LogP contribution in [0.25, 0.3) is 44.3 Å². The molecule has 0 atom stereocenters. The SMILES string of the molecule is [2H]C1([2H])c2ccc(-c3ccc4c(oc5c(-c6cccc[n+]6C)c(C)ccc54)c3C#N)cc2C([2H])([2H])C1(C)C. The third kappa shape index (κ3) is 3.06. The normalized spacial score (nSPS) is 19.1. The second-order valence-corrected chi connectivity index (χ2v) is 9.54. The fourth-order valence-electron chi connectivity index (χ4n) is 5.08. The zero-order valence-corrected chi connectivity index (χ0v) is 19.7. The van der Waals surface area contributed by atoms with Crippen LogP contribution in [0.3, 0.4) is 0 Å². The highest BCUT2D eigenvalue weighted by Crippen LogP contribution is 2.42. The van der Waals surface area contributed by atoms with Crippen LogP contribution in [0.2, 0.25) is 0 Å². The van der Waals surface area contributed by atoms with E-state index in [0.717, 1.165) is 33.2 Å². The first-order valence-corrected chi connectivity index (χ1v) is 11.4. The number of pyridine rings is 1. The maximum absolute atomic E-state index is 10.3. The van der Waals surface area contributed by atoms with Gasteiger partial charge in [0.2, 0.25) is 5.69 Å². The van der Waals surface area contributed by atoms with E-state index in [-0.39, 0.29) is 0 Å². The van der Waals surface area contributed by atoms with Crippen LogP contribution in [0, 0.1) is 23.7 Å². The summed E-state index contributed by atoms with van der Waals surface area (Å²) in [5, 5.41) is 12.1. The molecule has 0 saturated heterocycles. The summed E-state index contributed by atoms with van der Waals surface area (Å²) in [5.74, 6) is 0. The lowest BCUT2D eigenvalue weighted by Crippen LogP contribution is -2.30. The van der Waals surface area contributed by atoms with Crippen LogP contribution in [0.5, 0.6) is 0 Å². The van der Waals surface area contributed by atoms with Crippen LogP contribution in [-0.2, 0) is 19.8 Å². The largest absolute Gasteiger partial charge is 0.454 e. The summed E-state index contributed by atoms with van der Waals surface area (Å²) < 4.78 is 43.3. The van der Waals surface area contributed by atoms with Crippen LogP contribution >= 0.6 is 0 Å². The molecule has 0 aliphatic heterocycles. The smallest absolute Gasteiger partial charge is 0.216 e. The molecule has 2 heterocycles. The summed E-state index contributed by atoms with van der Waals surface area (Å²) >= 11 is 0. The van der Waals surface area contributed by atoms with Crippen molar-refractivity contribution in [2.45, 2.75) is 33.5 Å². The lowest BCUT2D eigenvalue weighted by atomic mass is 9.90. The Hall–Kier alpha value is -3.90. The van der Waals surface area contributed by atoms with Gasteiger partial charge in [0.15, 0.2) is 11.8 Å². The fourth-order valence-corrected chi connectivity index (χ4v) is 5.08. The monoisotopic (exact) mass is 447 g/mol. The molecule has 6 rings (SSSR count). The summed E-state index contributed by atoms with van der Waals surface area (Å²) in [6, 6.07) is 21.4. The number of hydrogen-bond acceptors (Lipinski definition) is 2. The minimum atomic E-state index is -1.88. The van der Waals surface area contributed by atoms with E-state index in [0.29, 0.717) is 33.4 Å². The number of aryl methyl sites for hydroxylation is 2. The van der Waals surface area contributed by atoms with Gasteiger partial charge >= 0.3 is 0 Å². The van der Waals surface area contributed by atoms with Gasteiger partial charge < -0.3 is 4.42 Å². The van der Waals surface area contributed by atoms with Crippen molar-refractivity contribution in [3.63, 3.8) is 0 Å². The molecule has 2 aromatic heterocycles. The highest BCUT2D eigenvalue weighted by Gasteiger charge is 2.29. The number of nitrogens with zero attached hydrogens (tertiary/aromatic N) is 2. The summed E-state index contributed by atoms with van der Waals surface area (Å²) in [6.07, 6.45) is -1.71. The molecule has 3 nitrogen and oxygen atoms in total. The van der Waals surface area contributed by atoms with Crippen molar-refractivity contribution in [3.05, 3.63) is 89.1 Å². The van der Waals surface area contributed by atoms with Crippen molar-refractivity contribution in [2.75, 3.05) is 0 Å². The molecule has 0 bridgehead atoms. The number of rotatable bonds is 2. The van der Waals surface area contributed by atoms with Crippen molar-refractivity contribution >= 4 is 21.9 Å². The summed E-state index contributed by atoms with van der Waals surface area (Å²) in [6.45, 7) is 5.30. The minimum Gasteiger partial charge on any atom is -0.454 e. The predicted octanol–water partition coefficient (Wildman–Crippen LogP) is 7.05. The van der Waals surface area contributed by atoms with E-state index in [1.165, 1.54) is 0 Å². The summed E-state index contributed by atoms with van der Waals surface area (Å²) in [5.41, 5.74) is 5.36. The van der Waals surface area contributed by atoms with E-state index in [1.54, 1.807) is 32.0 Å². The van der Waals surface area contributed by atoms with Gasteiger partial charge in [-0.2, -0.15) is 5.26 Å². The van der Waals surface area contributed by atoms with Crippen molar-refractivity contribution in [1.29, 1.82) is 5.26 Å². The molecular weight excluding hydrogens is 416 g/mol. The van der Waals surface area contributed by atoms with Gasteiger partial charge in [0, 0.05) is 34.0 Å². The Kier molecular flexibility index (Phi) is 3.58. The molecule has 0 unspecified atom stereocenters. The van der Waals surface area contributed by atoms with E-state index < -0.39 is 18.2 Å². The highest BCUT2D eigenvalue weighted by atomic mass is 16.3. The first kappa shape index (κ1) is 16.7. The summed E-state index contributed by atoms with van der Waals surface area (Å²) in [4.78, 5) is 0. The lowest BCUT2D eigenvalue weighted by Gasteiger charge is -2.14. The first-order valence-electron chi connectivity index (χ1n) is 13.4. The van der Waals surface area contributed by atoms with Crippen LogP contribution in [0.15, 0.2) is 71.3 Å². The molecule has 3 heteroatoms. The molecule has 5 aromatic rings. The molecule has 166 valence electrons. The fraction of sp³-hybridized carbons (Fsp3) is 0.226. The maximum atomic E-state index is 10.3. The number of furan rings is 1. The minimum absolute atomic E-state index is 0.327. The van der Waals surface area contributed by atoms with Crippen LogP contribution in [0.1, 0.15) is 41.6 Å². The van der Waals surface area contributed by atoms with Gasteiger partial charge in [-0.3, -0.25) is 0 Å². The van der Waals surface area contributed by atoms with Crippen molar-refractivity contribution in [1.82, 2.24) is 0 Å². The van der Waals surface area contributed by atoms with Gasteiger partial charge in [-0.05, 0) is 59.5 Å². The first-order chi connectivity index (χ1) is 17.9. The third-order valence-corrected chi connectivity index (χ3v) is 6.67. The Balaban J connectivity index is 1.61. The number of aromatic nitrogens is 1. The molecule has 0 N–H and O–H groups in total. The van der Waals surface area contributed by atoms with Crippen molar-refractivity contribution < 1.29 is 14.5 Å². The molecule has 1 aliphatic rings. The summed E-state index contributed by atoms with van der Waals surface area (Å²) in [7, 11) is 1.99. The molecular formula is C31H27N2O+. The van der Waals surface area contributed by atoms with E-state index in [2.05, 4.69) is 12.1 Å². The van der Waals surface area contributed by atoms with Crippen LogP contribution < -0.4 is 4.57 Å². The van der Waals surface area contributed by atoms with Gasteiger partial charge in [-0.15, -0.1) is 0 Å². The Bertz CT molecular complexity index is 1840. The Morgan fingerprint density at radius 3 is 2.53 bits per heavy atom. The van der Waals surface area contributed by atoms with E-state index >= 15 is 0 Å². The lowest BCUT2D eigenvalue weighted by molar-refractivity contribution is -0.660. The number of fused-ring (bicyclic) bond motifs is 4. The van der Waals surface area contributed by atoms with Gasteiger partial charge in [-0.25, -0.2) is 4.57 Å². The quantitative estimate of drug-likeness (QED) is 0.272. The molecule has 0 amide bonds. The molecule has 3 aromatic carbocycles. The van der Waals surface area contributed by atoms with E-state index in [9.17, 15) is 5.26 Å². The Morgan fingerprint density at radius 2 is 1.74 bits per heavy atom. The zero-order chi connectivity index (χ0) is 27.2. The highest BCUT2D eigenvalue weighted by molar-refractivity contribution is 6.12. The molecule has 0 saturated carbocycles. The Labute approximate surface area is 205 Å². The molecule has 34 heavy (non-hydrogen) atoms. The number of hydrogen-bond donors (Lipinski definition) is 0. The van der Waals surface area contributed by atoms with Crippen LogP contribution in [-0.4, -0.2) is 0 Å². The second-order valence-electron chi connectivity index (χ2n) is 9.54. The molecule has 0 radical (unpaired) electrons. The van der Waals surface area contributed by atoms with Gasteiger partial charge in [0.25, 0.3) is 0 Å². The predicted molar refractivity (Wildman–Crippen MR) is 136 cm³/mol. The van der Waals surface area contributed by atoms with Gasteiger partial charge in [0.05, 0.1) is 5.56 Å². The third-order valence-electron chi connectivity index (χ3n) is 6.67. The molecule has 1 aliphatic carbocycles. The Morgan fingerprint density at radius 1 is 0.971 bits per heavy atom. The van der Waals surface area contributed by atoms with Gasteiger partial charge in [0.1, 0.15) is 24.3 Å². The van der Waals surface area contributed by atoms with Crippen molar-refractivity contribution in [3.8, 4) is 28.5 Å². The zero-order valence-electron chi connectivity index (χ0n) is 23.7. The van der Waals surface area contributed by atoms with Gasteiger partial charge in [-0.1, -0.05) is 50.2 Å². The topological polar surface area (TPSA) is 40.8 Å². The maximum Gasteiger partial charge on any atom is 0.216 e. The van der Waals surface area contributed by atoms with Crippen molar-refractivity contribution in [2.24, 2.45) is 12.5 Å². The van der Waals surface area contributed by atoms with E-state index in [1.807, 2.05) is 61.1 Å². The number of benzene rings is 3. The standard InChI is InChI=1S/C31H27N2O/c1-19-8-11-25-24-13-12-23(20-9-10-21-16-31(2,3)17-22(21)15-20)26(18-32)29(24)34-30(25)28(19)27-7-5-6-14-33(27)4/h5-15H,16-17H2,1-4H3/q+1/i16D2,17D2. The van der Waals surface area contributed by atoms with Crippen LogP contribution in [0.4, 0.5) is 0 Å².